The second-order valence-corrected chi connectivity index (χ2v) is 6.42. The second-order valence-electron chi connectivity index (χ2n) is 4.27. The van der Waals surface area contributed by atoms with Gasteiger partial charge in [0.25, 0.3) is 0 Å². The van der Waals surface area contributed by atoms with Crippen LogP contribution in [-0.2, 0) is 13.6 Å². The van der Waals surface area contributed by atoms with Crippen molar-refractivity contribution in [1.29, 1.82) is 0 Å². The Morgan fingerprint density at radius 1 is 0.955 bits per heavy atom. The van der Waals surface area contributed by atoms with Crippen LogP contribution in [0.25, 0.3) is 0 Å². The molecule has 0 aliphatic carbocycles. The average Bonchev–Trinajstić information content (AvgIpc) is 2.53. The molecule has 126 valence electrons. The van der Waals surface area contributed by atoms with E-state index in [0.717, 1.165) is 0 Å². The van der Waals surface area contributed by atoms with Crippen molar-refractivity contribution in [2.45, 2.75) is 19.6 Å². The van der Waals surface area contributed by atoms with Gasteiger partial charge in [-0.05, 0) is 19.9 Å². The van der Waals surface area contributed by atoms with Crippen molar-refractivity contribution < 1.29 is 27.8 Å². The molecule has 0 aliphatic rings. The number of rotatable bonds is 9. The topological polar surface area (TPSA) is 89.2 Å². The van der Waals surface area contributed by atoms with Gasteiger partial charge in [0.1, 0.15) is 11.5 Å². The van der Waals surface area contributed by atoms with Crippen molar-refractivity contribution in [1.82, 2.24) is 0 Å². The highest BCUT2D eigenvalue weighted by Gasteiger charge is 2.36. The number of benzene rings is 1. The summed E-state index contributed by atoms with van der Waals surface area (Å²) < 4.78 is 39.2. The lowest BCUT2D eigenvalue weighted by Crippen LogP contribution is -2.16. The van der Waals surface area contributed by atoms with Gasteiger partial charge in [-0.15, -0.1) is 0 Å². The van der Waals surface area contributed by atoms with Crippen LogP contribution in [0.1, 0.15) is 25.2 Å². The Morgan fingerprint density at radius 3 is 1.82 bits per heavy atom. The molecule has 8 heteroatoms. The molecule has 0 unspecified atom stereocenters. The Morgan fingerprint density at radius 2 is 1.41 bits per heavy atom. The third kappa shape index (κ3) is 3.93. The summed E-state index contributed by atoms with van der Waals surface area (Å²) in [4.78, 5) is 0. The Kier molecular flexibility index (Phi) is 7.16. The van der Waals surface area contributed by atoms with E-state index in [1.165, 1.54) is 21.3 Å². The monoisotopic (exact) mass is 333 g/mol. The molecule has 0 spiro atoms. The summed E-state index contributed by atoms with van der Waals surface area (Å²) in [6.45, 7) is 3.90. The summed E-state index contributed by atoms with van der Waals surface area (Å²) in [5.41, 5.74) is 6.61. The largest absolute Gasteiger partial charge is 0.496 e. The molecule has 0 radical (unpaired) electrons. The van der Waals surface area contributed by atoms with E-state index in [9.17, 15) is 4.57 Å². The van der Waals surface area contributed by atoms with E-state index in [1.807, 2.05) is 0 Å². The number of nitrogens with two attached hydrogens (primary N) is 1. The number of methoxy groups -OCH3 is 3. The van der Waals surface area contributed by atoms with Gasteiger partial charge >= 0.3 is 7.60 Å². The maximum Gasteiger partial charge on any atom is 0.351 e. The number of hydrogen-bond donors (Lipinski definition) is 1. The van der Waals surface area contributed by atoms with Crippen molar-refractivity contribution in [2.75, 3.05) is 34.5 Å². The van der Waals surface area contributed by atoms with Gasteiger partial charge in [-0.2, -0.15) is 0 Å². The molecule has 0 aromatic heterocycles. The van der Waals surface area contributed by atoms with E-state index in [0.29, 0.717) is 22.8 Å². The van der Waals surface area contributed by atoms with Crippen LogP contribution in [0.3, 0.4) is 0 Å². The highest BCUT2D eigenvalue weighted by atomic mass is 31.2. The first kappa shape index (κ1) is 18.8. The van der Waals surface area contributed by atoms with Gasteiger partial charge in [-0.25, -0.2) is 0 Å². The molecule has 1 atom stereocenters. The maximum absolute atomic E-state index is 12.8. The maximum atomic E-state index is 12.8. The quantitative estimate of drug-likeness (QED) is 0.695. The lowest BCUT2D eigenvalue weighted by molar-refractivity contribution is 0.211. The minimum absolute atomic E-state index is 0.223. The summed E-state index contributed by atoms with van der Waals surface area (Å²) in [6.07, 6.45) is 0. The number of hydrogen-bond acceptors (Lipinski definition) is 7. The molecule has 0 amide bonds. The Bertz CT molecular complexity index is 526. The molecule has 0 heterocycles. The molecule has 0 aliphatic heterocycles. The smallest absolute Gasteiger partial charge is 0.351 e. The van der Waals surface area contributed by atoms with E-state index in [1.54, 1.807) is 26.0 Å². The molecular weight excluding hydrogens is 309 g/mol. The van der Waals surface area contributed by atoms with E-state index < -0.39 is 13.4 Å². The first-order chi connectivity index (χ1) is 10.5. The normalized spacial score (nSPS) is 12.8. The van der Waals surface area contributed by atoms with Gasteiger partial charge in [0.15, 0.2) is 11.5 Å². The lowest BCUT2D eigenvalue weighted by Gasteiger charge is -2.25. The summed E-state index contributed by atoms with van der Waals surface area (Å²) in [5.74, 6) is 0.359. The van der Waals surface area contributed by atoms with Gasteiger partial charge in [-0.1, -0.05) is 0 Å². The Hall–Kier alpha value is -1.27. The molecule has 0 saturated carbocycles. The van der Waals surface area contributed by atoms with Crippen LogP contribution in [0.15, 0.2) is 12.1 Å². The van der Waals surface area contributed by atoms with Crippen molar-refractivity contribution in [3.8, 4) is 17.2 Å². The fraction of sp³-hybridized carbons (Fsp3) is 0.571. The third-order valence-electron chi connectivity index (χ3n) is 3.01. The van der Waals surface area contributed by atoms with Crippen molar-refractivity contribution in [3.05, 3.63) is 17.7 Å². The molecule has 0 saturated heterocycles. The van der Waals surface area contributed by atoms with Crippen LogP contribution in [0.5, 0.6) is 17.2 Å². The predicted octanol–water partition coefficient (Wildman–Crippen LogP) is 2.94. The van der Waals surface area contributed by atoms with Crippen LogP contribution in [-0.4, -0.2) is 34.5 Å². The summed E-state index contributed by atoms with van der Waals surface area (Å²) in [7, 11) is 0.985. The first-order valence-corrected chi connectivity index (χ1v) is 8.52. The molecular formula is C14H24NO6P. The fourth-order valence-electron chi connectivity index (χ4n) is 2.01. The molecule has 1 rings (SSSR count). The average molecular weight is 333 g/mol. The van der Waals surface area contributed by atoms with Gasteiger partial charge in [0, 0.05) is 11.6 Å². The molecule has 0 fully saturated rings. The molecule has 1 aromatic rings. The SMILES string of the molecule is CCOP(=O)(OCC)[C@H](N)c1cc(OC)c(OC)cc1OC. The fourth-order valence-corrected chi connectivity index (χ4v) is 3.67. The molecule has 7 nitrogen and oxygen atoms in total. The van der Waals surface area contributed by atoms with E-state index in [2.05, 4.69) is 0 Å². The van der Waals surface area contributed by atoms with Crippen LogP contribution >= 0.6 is 7.60 Å². The Balaban J connectivity index is 3.36. The highest BCUT2D eigenvalue weighted by Crippen LogP contribution is 2.60. The molecule has 0 bridgehead atoms. The lowest BCUT2D eigenvalue weighted by atomic mass is 10.1. The Labute approximate surface area is 131 Å². The number of ether oxygens (including phenoxy) is 3. The molecule has 1 aromatic carbocycles. The van der Waals surface area contributed by atoms with Gasteiger partial charge < -0.3 is 29.0 Å². The highest BCUT2D eigenvalue weighted by molar-refractivity contribution is 7.54. The zero-order chi connectivity index (χ0) is 16.8. The van der Waals surface area contributed by atoms with Crippen molar-refractivity contribution in [2.24, 2.45) is 5.73 Å². The van der Waals surface area contributed by atoms with Crippen LogP contribution in [0, 0.1) is 0 Å². The van der Waals surface area contributed by atoms with Crippen LogP contribution in [0.4, 0.5) is 0 Å². The van der Waals surface area contributed by atoms with E-state index in [-0.39, 0.29) is 13.2 Å². The van der Waals surface area contributed by atoms with Crippen LogP contribution < -0.4 is 19.9 Å². The second kappa shape index (κ2) is 8.39. The minimum Gasteiger partial charge on any atom is -0.496 e. The van der Waals surface area contributed by atoms with Crippen molar-refractivity contribution >= 4 is 7.60 Å². The molecule has 2 N–H and O–H groups in total. The minimum atomic E-state index is -3.52. The van der Waals surface area contributed by atoms with Crippen molar-refractivity contribution in [3.63, 3.8) is 0 Å². The summed E-state index contributed by atoms with van der Waals surface area (Å²) in [6, 6.07) is 3.24. The first-order valence-electron chi connectivity index (χ1n) is 6.91. The van der Waals surface area contributed by atoms with Crippen LogP contribution in [0.2, 0.25) is 0 Å². The van der Waals surface area contributed by atoms with Gasteiger partial charge in [0.2, 0.25) is 0 Å². The third-order valence-corrected chi connectivity index (χ3v) is 5.21. The summed E-state index contributed by atoms with van der Waals surface area (Å²) in [5, 5.41) is 0. The zero-order valence-electron chi connectivity index (χ0n) is 13.6. The zero-order valence-corrected chi connectivity index (χ0v) is 14.5. The van der Waals surface area contributed by atoms with Gasteiger partial charge in [0.05, 0.1) is 34.5 Å². The predicted molar refractivity (Wildman–Crippen MR) is 83.9 cm³/mol. The van der Waals surface area contributed by atoms with Gasteiger partial charge in [-0.3, -0.25) is 4.57 Å². The summed E-state index contributed by atoms with van der Waals surface area (Å²) >= 11 is 0. The standard InChI is InChI=1S/C14H24NO6P/c1-6-20-22(16,21-7-2)14(15)10-8-12(18-4)13(19-5)9-11(10)17-3/h8-9,14H,6-7,15H2,1-5H3/t14-/m0/s1. The van der Waals surface area contributed by atoms with E-state index >= 15 is 0 Å². The molecule has 22 heavy (non-hydrogen) atoms. The van der Waals surface area contributed by atoms with E-state index in [4.69, 9.17) is 29.0 Å².